The third kappa shape index (κ3) is 3.53. The summed E-state index contributed by atoms with van der Waals surface area (Å²) < 4.78 is 0. The normalized spacial score (nSPS) is 12.6. The fourth-order valence-electron chi connectivity index (χ4n) is 1.53. The Morgan fingerprint density at radius 2 is 1.69 bits per heavy atom. The van der Waals surface area contributed by atoms with Crippen molar-refractivity contribution in [3.63, 3.8) is 0 Å². The van der Waals surface area contributed by atoms with Crippen molar-refractivity contribution >= 4 is 17.5 Å². The number of hydrogen-bond donors (Lipinski definition) is 1. The van der Waals surface area contributed by atoms with Gasteiger partial charge in [-0.15, -0.1) is 11.6 Å². The van der Waals surface area contributed by atoms with Gasteiger partial charge in [0.25, 0.3) is 0 Å². The van der Waals surface area contributed by atoms with Gasteiger partial charge in [0.2, 0.25) is 5.91 Å². The van der Waals surface area contributed by atoms with Crippen molar-refractivity contribution in [1.29, 1.82) is 0 Å². The third-order valence-corrected chi connectivity index (χ3v) is 2.84. The number of hydrogen-bond acceptors (Lipinski definition) is 1. The van der Waals surface area contributed by atoms with Crippen LogP contribution in [0, 0.1) is 0 Å². The highest BCUT2D eigenvalue weighted by molar-refractivity contribution is 6.27. The first kappa shape index (κ1) is 13.0. The van der Waals surface area contributed by atoms with Crippen LogP contribution in [0.2, 0.25) is 0 Å². The lowest BCUT2D eigenvalue weighted by Gasteiger charge is -2.14. The molecule has 0 aliphatic carbocycles. The SMILES string of the molecule is CC(C)c1ccc([C@H](C)NC(=O)CCl)cc1. The Hall–Kier alpha value is -1.02. The second kappa shape index (κ2) is 5.90. The Morgan fingerprint density at radius 3 is 2.12 bits per heavy atom. The number of halogens is 1. The van der Waals surface area contributed by atoms with Crippen molar-refractivity contribution in [2.45, 2.75) is 32.7 Å². The number of benzene rings is 1. The molecule has 0 bridgehead atoms. The van der Waals surface area contributed by atoms with Crippen LogP contribution in [0.15, 0.2) is 24.3 Å². The zero-order valence-electron chi connectivity index (χ0n) is 9.96. The number of rotatable bonds is 4. The Balaban J connectivity index is 2.70. The average Bonchev–Trinajstić information content (AvgIpc) is 2.28. The summed E-state index contributed by atoms with van der Waals surface area (Å²) in [5, 5.41) is 2.82. The van der Waals surface area contributed by atoms with Crippen molar-refractivity contribution in [2.24, 2.45) is 0 Å². The van der Waals surface area contributed by atoms with Gasteiger partial charge in [-0.2, -0.15) is 0 Å². The summed E-state index contributed by atoms with van der Waals surface area (Å²) in [6, 6.07) is 8.31. The molecule has 0 saturated heterocycles. The molecule has 1 amide bonds. The van der Waals surface area contributed by atoms with E-state index in [0.717, 1.165) is 5.56 Å². The van der Waals surface area contributed by atoms with Crippen molar-refractivity contribution < 1.29 is 4.79 Å². The highest BCUT2D eigenvalue weighted by Crippen LogP contribution is 2.18. The molecule has 3 heteroatoms. The summed E-state index contributed by atoms with van der Waals surface area (Å²) in [5.74, 6) is 0.401. The van der Waals surface area contributed by atoms with Crippen LogP contribution in [0.5, 0.6) is 0 Å². The number of alkyl halides is 1. The van der Waals surface area contributed by atoms with E-state index in [-0.39, 0.29) is 17.8 Å². The average molecular weight is 240 g/mol. The van der Waals surface area contributed by atoms with Crippen LogP contribution in [0.1, 0.15) is 43.9 Å². The highest BCUT2D eigenvalue weighted by Gasteiger charge is 2.08. The third-order valence-electron chi connectivity index (χ3n) is 2.60. The van der Waals surface area contributed by atoms with Gasteiger partial charge in [0.1, 0.15) is 5.88 Å². The first-order valence-corrected chi connectivity index (χ1v) is 6.03. The van der Waals surface area contributed by atoms with Crippen LogP contribution in [-0.2, 0) is 4.79 Å². The standard InChI is InChI=1S/C13H18ClNO/c1-9(2)11-4-6-12(7-5-11)10(3)15-13(16)8-14/h4-7,9-10H,8H2,1-3H3,(H,15,16)/t10-/m0/s1. The molecule has 0 aromatic heterocycles. The Morgan fingerprint density at radius 1 is 1.19 bits per heavy atom. The summed E-state index contributed by atoms with van der Waals surface area (Å²) in [7, 11) is 0. The molecule has 0 spiro atoms. The maximum Gasteiger partial charge on any atom is 0.235 e. The van der Waals surface area contributed by atoms with E-state index < -0.39 is 0 Å². The molecule has 1 N–H and O–H groups in total. The molecule has 0 fully saturated rings. The quantitative estimate of drug-likeness (QED) is 0.804. The predicted molar refractivity (Wildman–Crippen MR) is 67.8 cm³/mol. The highest BCUT2D eigenvalue weighted by atomic mass is 35.5. The van der Waals surface area contributed by atoms with Gasteiger partial charge >= 0.3 is 0 Å². The van der Waals surface area contributed by atoms with E-state index in [2.05, 4.69) is 43.4 Å². The van der Waals surface area contributed by atoms with Crippen molar-refractivity contribution in [3.05, 3.63) is 35.4 Å². The van der Waals surface area contributed by atoms with Gasteiger partial charge in [0.05, 0.1) is 6.04 Å². The topological polar surface area (TPSA) is 29.1 Å². The molecule has 2 nitrogen and oxygen atoms in total. The molecular formula is C13H18ClNO. The molecule has 1 aromatic rings. The number of carbonyl (C=O) groups is 1. The van der Waals surface area contributed by atoms with E-state index in [0.29, 0.717) is 5.92 Å². The Kier molecular flexibility index (Phi) is 4.81. The predicted octanol–water partition coefficient (Wildman–Crippen LogP) is 3.23. The monoisotopic (exact) mass is 239 g/mol. The molecule has 1 aromatic carbocycles. The largest absolute Gasteiger partial charge is 0.349 e. The van der Waals surface area contributed by atoms with Crippen LogP contribution in [0.4, 0.5) is 0 Å². The maximum atomic E-state index is 11.1. The van der Waals surface area contributed by atoms with E-state index in [4.69, 9.17) is 11.6 Å². The van der Waals surface area contributed by atoms with Crippen LogP contribution in [0.25, 0.3) is 0 Å². The van der Waals surface area contributed by atoms with Gasteiger partial charge in [-0.3, -0.25) is 4.79 Å². The van der Waals surface area contributed by atoms with E-state index in [9.17, 15) is 4.79 Å². The Bertz CT molecular complexity index is 345. The smallest absolute Gasteiger partial charge is 0.235 e. The molecule has 0 saturated carbocycles. The van der Waals surface area contributed by atoms with Crippen LogP contribution >= 0.6 is 11.6 Å². The molecule has 1 rings (SSSR count). The minimum Gasteiger partial charge on any atom is -0.349 e. The first-order valence-electron chi connectivity index (χ1n) is 5.49. The fourth-order valence-corrected chi connectivity index (χ4v) is 1.61. The second-order valence-electron chi connectivity index (χ2n) is 4.24. The summed E-state index contributed by atoms with van der Waals surface area (Å²) in [4.78, 5) is 11.1. The van der Waals surface area contributed by atoms with Gasteiger partial charge in [-0.1, -0.05) is 38.1 Å². The molecule has 0 aliphatic heterocycles. The number of carbonyl (C=O) groups excluding carboxylic acids is 1. The van der Waals surface area contributed by atoms with Crippen molar-refractivity contribution in [3.8, 4) is 0 Å². The van der Waals surface area contributed by atoms with Gasteiger partial charge in [-0.05, 0) is 24.0 Å². The van der Waals surface area contributed by atoms with E-state index in [1.165, 1.54) is 5.56 Å². The van der Waals surface area contributed by atoms with Crippen LogP contribution in [0.3, 0.4) is 0 Å². The summed E-state index contributed by atoms with van der Waals surface area (Å²) >= 11 is 5.44. The maximum absolute atomic E-state index is 11.1. The number of amides is 1. The summed E-state index contributed by atoms with van der Waals surface area (Å²) in [6.45, 7) is 6.27. The second-order valence-corrected chi connectivity index (χ2v) is 4.51. The first-order chi connectivity index (χ1) is 7.54. The molecular weight excluding hydrogens is 222 g/mol. The van der Waals surface area contributed by atoms with Crippen LogP contribution < -0.4 is 5.32 Å². The molecule has 0 heterocycles. The fraction of sp³-hybridized carbons (Fsp3) is 0.462. The molecule has 0 aliphatic rings. The molecule has 0 radical (unpaired) electrons. The van der Waals surface area contributed by atoms with Crippen molar-refractivity contribution in [2.75, 3.05) is 5.88 Å². The molecule has 0 unspecified atom stereocenters. The zero-order valence-corrected chi connectivity index (χ0v) is 10.7. The Labute approximate surface area is 102 Å². The van der Waals surface area contributed by atoms with Gasteiger partial charge in [0, 0.05) is 0 Å². The zero-order chi connectivity index (χ0) is 12.1. The van der Waals surface area contributed by atoms with Gasteiger partial charge in [-0.25, -0.2) is 0 Å². The lowest BCUT2D eigenvalue weighted by molar-refractivity contribution is -0.119. The summed E-state index contributed by atoms with van der Waals surface area (Å²) in [6.07, 6.45) is 0. The minimum absolute atomic E-state index is 0.00691. The van der Waals surface area contributed by atoms with E-state index >= 15 is 0 Å². The molecule has 16 heavy (non-hydrogen) atoms. The van der Waals surface area contributed by atoms with Crippen molar-refractivity contribution in [1.82, 2.24) is 5.32 Å². The molecule has 1 atom stereocenters. The summed E-state index contributed by atoms with van der Waals surface area (Å²) in [5.41, 5.74) is 2.41. The molecule has 88 valence electrons. The lowest BCUT2D eigenvalue weighted by atomic mass is 10.00. The minimum atomic E-state index is -0.137. The van der Waals surface area contributed by atoms with Crippen LogP contribution in [-0.4, -0.2) is 11.8 Å². The van der Waals surface area contributed by atoms with E-state index in [1.807, 2.05) is 6.92 Å². The number of nitrogens with one attached hydrogen (secondary N) is 1. The van der Waals surface area contributed by atoms with Gasteiger partial charge < -0.3 is 5.32 Å². The van der Waals surface area contributed by atoms with E-state index in [1.54, 1.807) is 0 Å². The lowest BCUT2D eigenvalue weighted by Crippen LogP contribution is -2.27. The van der Waals surface area contributed by atoms with Gasteiger partial charge in [0.15, 0.2) is 0 Å².